The van der Waals surface area contributed by atoms with Crippen LogP contribution in [0.2, 0.25) is 0 Å². The highest BCUT2D eigenvalue weighted by Gasteiger charge is 2.19. The predicted octanol–water partition coefficient (Wildman–Crippen LogP) is 2.40. The first-order chi connectivity index (χ1) is 9.74. The third-order valence-electron chi connectivity index (χ3n) is 3.93. The molecule has 1 aliphatic heterocycles. The summed E-state index contributed by atoms with van der Waals surface area (Å²) in [4.78, 5) is 14.1. The number of fused-ring (bicyclic) bond motifs is 1. The fraction of sp³-hybridized carbons (Fsp3) is 0.438. The topological polar surface area (TPSA) is 29.5 Å². The Morgan fingerprint density at radius 1 is 1.25 bits per heavy atom. The maximum Gasteiger partial charge on any atom is 0.247 e. The number of amides is 1. The van der Waals surface area contributed by atoms with Gasteiger partial charge in [0.05, 0.1) is 13.2 Å². The molecular weight excluding hydrogens is 257 g/mol. The van der Waals surface area contributed by atoms with E-state index >= 15 is 0 Å². The van der Waals surface area contributed by atoms with Gasteiger partial charge < -0.3 is 9.64 Å². The van der Waals surface area contributed by atoms with Crippen LogP contribution in [0, 0.1) is 5.82 Å². The van der Waals surface area contributed by atoms with Gasteiger partial charge >= 0.3 is 0 Å². The van der Waals surface area contributed by atoms with Crippen LogP contribution in [0.5, 0.6) is 0 Å². The lowest BCUT2D eigenvalue weighted by Gasteiger charge is -2.26. The van der Waals surface area contributed by atoms with E-state index in [0.29, 0.717) is 26.3 Å². The summed E-state index contributed by atoms with van der Waals surface area (Å²) in [5.41, 5.74) is 3.00. The molecule has 1 aromatic rings. The van der Waals surface area contributed by atoms with Crippen molar-refractivity contribution in [2.45, 2.75) is 19.3 Å². The second kappa shape index (κ2) is 5.75. The molecule has 1 aromatic carbocycles. The van der Waals surface area contributed by atoms with Crippen molar-refractivity contribution in [2.75, 3.05) is 26.3 Å². The number of aryl methyl sites for hydroxylation is 1. The van der Waals surface area contributed by atoms with Gasteiger partial charge in [-0.05, 0) is 48.1 Å². The molecule has 1 amide bonds. The Labute approximate surface area is 118 Å². The lowest BCUT2D eigenvalue weighted by atomic mass is 9.87. The summed E-state index contributed by atoms with van der Waals surface area (Å²) in [5, 5.41) is 0. The van der Waals surface area contributed by atoms with Gasteiger partial charge in [-0.1, -0.05) is 6.07 Å². The number of hydrogen-bond donors (Lipinski definition) is 0. The van der Waals surface area contributed by atoms with Crippen molar-refractivity contribution in [1.29, 1.82) is 0 Å². The second-order valence-electron chi connectivity index (χ2n) is 5.26. The molecule has 0 saturated carbocycles. The Morgan fingerprint density at radius 3 is 2.85 bits per heavy atom. The summed E-state index contributed by atoms with van der Waals surface area (Å²) >= 11 is 0. The first-order valence-corrected chi connectivity index (χ1v) is 7.10. The minimum Gasteiger partial charge on any atom is -0.378 e. The first kappa shape index (κ1) is 13.3. The van der Waals surface area contributed by atoms with Gasteiger partial charge in [-0.25, -0.2) is 4.39 Å². The van der Waals surface area contributed by atoms with Crippen LogP contribution in [-0.4, -0.2) is 37.1 Å². The quantitative estimate of drug-likeness (QED) is 0.737. The van der Waals surface area contributed by atoms with Crippen LogP contribution in [0.4, 0.5) is 4.39 Å². The van der Waals surface area contributed by atoms with Gasteiger partial charge in [-0.15, -0.1) is 0 Å². The fourth-order valence-corrected chi connectivity index (χ4v) is 2.84. The summed E-state index contributed by atoms with van der Waals surface area (Å²) in [6.45, 7) is 2.47. The maximum absolute atomic E-state index is 13.4. The molecule has 4 heteroatoms. The number of nitrogens with zero attached hydrogens (tertiary/aromatic N) is 1. The Hall–Kier alpha value is -1.68. The molecule has 0 radical (unpaired) electrons. The molecule has 0 atom stereocenters. The smallest absolute Gasteiger partial charge is 0.247 e. The highest BCUT2D eigenvalue weighted by molar-refractivity contribution is 5.96. The molecule has 20 heavy (non-hydrogen) atoms. The Balaban J connectivity index is 1.85. The Bertz CT molecular complexity index is 547. The van der Waals surface area contributed by atoms with Crippen molar-refractivity contribution < 1.29 is 13.9 Å². The van der Waals surface area contributed by atoms with Crippen molar-refractivity contribution in [3.05, 3.63) is 41.2 Å². The van der Waals surface area contributed by atoms with E-state index in [0.717, 1.165) is 36.0 Å². The number of ether oxygens (including phenoxy) is 1. The average Bonchev–Trinajstić information content (AvgIpc) is 2.49. The van der Waals surface area contributed by atoms with E-state index in [2.05, 4.69) is 0 Å². The summed E-state index contributed by atoms with van der Waals surface area (Å²) in [5.74, 6) is -0.226. The number of halogens is 1. The molecule has 3 rings (SSSR count). The maximum atomic E-state index is 13.4. The van der Waals surface area contributed by atoms with Gasteiger partial charge in [0.25, 0.3) is 0 Å². The summed E-state index contributed by atoms with van der Waals surface area (Å²) in [6, 6.07) is 4.87. The van der Waals surface area contributed by atoms with Crippen LogP contribution >= 0.6 is 0 Å². The van der Waals surface area contributed by atoms with Gasteiger partial charge in [0, 0.05) is 19.2 Å². The second-order valence-corrected chi connectivity index (χ2v) is 5.26. The molecule has 3 nitrogen and oxygen atoms in total. The molecule has 0 N–H and O–H groups in total. The van der Waals surface area contributed by atoms with Gasteiger partial charge in [0.2, 0.25) is 5.91 Å². The Kier molecular flexibility index (Phi) is 3.83. The van der Waals surface area contributed by atoms with Crippen molar-refractivity contribution in [1.82, 2.24) is 4.90 Å². The van der Waals surface area contributed by atoms with E-state index in [1.165, 1.54) is 6.07 Å². The lowest BCUT2D eigenvalue weighted by Crippen LogP contribution is -2.39. The molecule has 0 unspecified atom stereocenters. The van der Waals surface area contributed by atoms with Gasteiger partial charge in [0.1, 0.15) is 5.82 Å². The highest BCUT2D eigenvalue weighted by Crippen LogP contribution is 2.31. The molecule has 1 fully saturated rings. The van der Waals surface area contributed by atoms with E-state index in [1.807, 2.05) is 6.07 Å². The largest absolute Gasteiger partial charge is 0.378 e. The molecule has 1 saturated heterocycles. The van der Waals surface area contributed by atoms with Gasteiger partial charge in [-0.2, -0.15) is 0 Å². The van der Waals surface area contributed by atoms with Crippen LogP contribution in [0.3, 0.4) is 0 Å². The lowest BCUT2D eigenvalue weighted by molar-refractivity contribution is -0.129. The first-order valence-electron chi connectivity index (χ1n) is 7.10. The van der Waals surface area contributed by atoms with E-state index in [9.17, 15) is 9.18 Å². The van der Waals surface area contributed by atoms with Crippen molar-refractivity contribution in [3.63, 3.8) is 0 Å². The van der Waals surface area contributed by atoms with Crippen LogP contribution in [0.1, 0.15) is 24.0 Å². The predicted molar refractivity (Wildman–Crippen MR) is 74.7 cm³/mol. The molecule has 1 heterocycles. The number of morpholine rings is 1. The van der Waals surface area contributed by atoms with E-state index in [-0.39, 0.29) is 11.7 Å². The number of allylic oxidation sites excluding steroid dienone is 1. The fourth-order valence-electron chi connectivity index (χ4n) is 2.84. The third-order valence-corrected chi connectivity index (χ3v) is 3.93. The van der Waals surface area contributed by atoms with Crippen LogP contribution in [-0.2, 0) is 16.0 Å². The number of carbonyl (C=O) groups is 1. The van der Waals surface area contributed by atoms with E-state index < -0.39 is 0 Å². The zero-order chi connectivity index (χ0) is 13.9. The van der Waals surface area contributed by atoms with E-state index in [1.54, 1.807) is 17.0 Å². The van der Waals surface area contributed by atoms with Gasteiger partial charge in [0.15, 0.2) is 0 Å². The zero-order valence-electron chi connectivity index (χ0n) is 11.4. The molecule has 0 bridgehead atoms. The number of hydrogen-bond acceptors (Lipinski definition) is 2. The number of rotatable bonds is 1. The Morgan fingerprint density at radius 2 is 2.05 bits per heavy atom. The summed E-state index contributed by atoms with van der Waals surface area (Å²) < 4.78 is 18.7. The van der Waals surface area contributed by atoms with Crippen molar-refractivity contribution >= 4 is 11.5 Å². The normalized spacial score (nSPS) is 20.9. The summed E-state index contributed by atoms with van der Waals surface area (Å²) in [6.07, 6.45) is 4.49. The summed E-state index contributed by atoms with van der Waals surface area (Å²) in [7, 11) is 0. The monoisotopic (exact) mass is 275 g/mol. The number of benzene rings is 1. The minimum atomic E-state index is -0.240. The van der Waals surface area contributed by atoms with Gasteiger partial charge in [-0.3, -0.25) is 4.79 Å². The van der Waals surface area contributed by atoms with E-state index in [4.69, 9.17) is 4.74 Å². The molecule has 2 aliphatic rings. The average molecular weight is 275 g/mol. The number of carbonyl (C=O) groups excluding carboxylic acids is 1. The SMILES string of the molecule is O=C(/C=C1\CCCc2ccc(F)cc21)N1CCOCC1. The van der Waals surface area contributed by atoms with Crippen LogP contribution in [0.25, 0.3) is 5.57 Å². The standard InChI is InChI=1S/C16H18FNO2/c17-14-5-4-12-2-1-3-13(15(12)11-14)10-16(19)18-6-8-20-9-7-18/h4-5,10-11H,1-3,6-9H2/b13-10+. The highest BCUT2D eigenvalue weighted by atomic mass is 19.1. The van der Waals surface area contributed by atoms with Crippen LogP contribution in [0.15, 0.2) is 24.3 Å². The van der Waals surface area contributed by atoms with Crippen LogP contribution < -0.4 is 0 Å². The zero-order valence-corrected chi connectivity index (χ0v) is 11.4. The molecule has 0 aromatic heterocycles. The minimum absolute atomic E-state index is 0.0143. The van der Waals surface area contributed by atoms with Crippen molar-refractivity contribution in [2.24, 2.45) is 0 Å². The molecule has 106 valence electrons. The van der Waals surface area contributed by atoms with Crippen molar-refractivity contribution in [3.8, 4) is 0 Å². The molecule has 0 spiro atoms. The molecular formula is C16H18FNO2. The molecule has 1 aliphatic carbocycles. The third kappa shape index (κ3) is 2.75.